The Bertz CT molecular complexity index is 595. The van der Waals surface area contributed by atoms with E-state index < -0.39 is 0 Å². The third-order valence-electron chi connectivity index (χ3n) is 3.26. The average Bonchev–Trinajstić information content (AvgIpc) is 2.48. The summed E-state index contributed by atoms with van der Waals surface area (Å²) in [4.78, 5) is 4.31. The summed E-state index contributed by atoms with van der Waals surface area (Å²) in [7, 11) is 0. The van der Waals surface area contributed by atoms with Crippen molar-refractivity contribution in [3.8, 4) is 6.07 Å². The Morgan fingerprint density at radius 1 is 1.25 bits per heavy atom. The number of hydrogen-bond donors (Lipinski definition) is 1. The zero-order valence-corrected chi connectivity index (χ0v) is 11.7. The molecule has 2 rings (SSSR count). The molecule has 3 nitrogen and oxygen atoms in total. The van der Waals surface area contributed by atoms with Crippen LogP contribution in [0.1, 0.15) is 29.5 Å². The summed E-state index contributed by atoms with van der Waals surface area (Å²) >= 11 is 6.00. The number of aliphatic hydroxyl groups excluding tert-OH is 1. The molecular formula is C16H15ClN2O. The average molecular weight is 287 g/mol. The molecule has 2 atom stereocenters. The predicted molar refractivity (Wildman–Crippen MR) is 78.5 cm³/mol. The zero-order chi connectivity index (χ0) is 14.4. The number of rotatable bonds is 5. The summed E-state index contributed by atoms with van der Waals surface area (Å²) in [6.45, 7) is 0.00384. The molecule has 0 spiro atoms. The molecule has 20 heavy (non-hydrogen) atoms. The Balaban J connectivity index is 2.39. The number of halogens is 1. The second kappa shape index (κ2) is 7.04. The first-order valence-electron chi connectivity index (χ1n) is 6.43. The van der Waals surface area contributed by atoms with Gasteiger partial charge in [0.05, 0.1) is 12.0 Å². The van der Waals surface area contributed by atoms with E-state index in [1.54, 1.807) is 18.3 Å². The lowest BCUT2D eigenvalue weighted by Crippen LogP contribution is -2.13. The molecule has 0 aliphatic carbocycles. The van der Waals surface area contributed by atoms with Gasteiger partial charge < -0.3 is 5.11 Å². The molecule has 0 saturated heterocycles. The summed E-state index contributed by atoms with van der Waals surface area (Å²) in [6.07, 6.45) is 2.10. The lowest BCUT2D eigenvalue weighted by atomic mass is 9.82. The van der Waals surface area contributed by atoms with Gasteiger partial charge in [-0.3, -0.25) is 4.98 Å². The van der Waals surface area contributed by atoms with E-state index in [0.717, 1.165) is 11.3 Å². The van der Waals surface area contributed by atoms with Gasteiger partial charge >= 0.3 is 0 Å². The van der Waals surface area contributed by atoms with Crippen molar-refractivity contribution in [1.82, 2.24) is 4.98 Å². The monoisotopic (exact) mass is 286 g/mol. The molecular weight excluding hydrogens is 272 g/mol. The van der Waals surface area contributed by atoms with Crippen LogP contribution in [-0.4, -0.2) is 16.7 Å². The topological polar surface area (TPSA) is 56.9 Å². The summed E-state index contributed by atoms with van der Waals surface area (Å²) < 4.78 is 0. The van der Waals surface area contributed by atoms with Gasteiger partial charge in [-0.2, -0.15) is 5.26 Å². The fraction of sp³-hybridized carbons (Fsp3) is 0.250. The quantitative estimate of drug-likeness (QED) is 0.915. The van der Waals surface area contributed by atoms with E-state index in [-0.39, 0.29) is 18.4 Å². The number of aliphatic hydroxyl groups is 1. The molecule has 2 aromatic rings. The van der Waals surface area contributed by atoms with Gasteiger partial charge in [0.1, 0.15) is 0 Å². The van der Waals surface area contributed by atoms with Crippen LogP contribution in [0.2, 0.25) is 5.02 Å². The SMILES string of the molecule is N#C[C@@H](c1ccccc1)[C@@H](CCO)c1cc(Cl)ccn1. The van der Waals surface area contributed by atoms with Crippen LogP contribution in [0.5, 0.6) is 0 Å². The molecule has 1 N–H and O–H groups in total. The Morgan fingerprint density at radius 3 is 2.60 bits per heavy atom. The molecule has 0 unspecified atom stereocenters. The lowest BCUT2D eigenvalue weighted by molar-refractivity contribution is 0.271. The highest BCUT2D eigenvalue weighted by atomic mass is 35.5. The van der Waals surface area contributed by atoms with Gasteiger partial charge in [-0.05, 0) is 24.1 Å². The van der Waals surface area contributed by atoms with Crippen LogP contribution in [0.3, 0.4) is 0 Å². The second-order valence-corrected chi connectivity index (χ2v) is 4.97. The highest BCUT2D eigenvalue weighted by molar-refractivity contribution is 6.30. The first kappa shape index (κ1) is 14.5. The van der Waals surface area contributed by atoms with Crippen molar-refractivity contribution in [3.63, 3.8) is 0 Å². The maximum absolute atomic E-state index is 9.51. The molecule has 1 aromatic carbocycles. The standard InChI is InChI=1S/C16H15ClN2O/c17-13-6-8-19-16(10-13)14(7-9-20)15(11-18)12-4-2-1-3-5-12/h1-6,8,10,14-15,20H,7,9H2/t14-,15+/m1/s1. The molecule has 4 heteroatoms. The van der Waals surface area contributed by atoms with E-state index in [2.05, 4.69) is 11.1 Å². The van der Waals surface area contributed by atoms with Gasteiger partial charge in [-0.1, -0.05) is 41.9 Å². The molecule has 0 fully saturated rings. The minimum atomic E-state index is -0.352. The molecule has 0 radical (unpaired) electrons. The minimum Gasteiger partial charge on any atom is -0.396 e. The van der Waals surface area contributed by atoms with Gasteiger partial charge in [0.15, 0.2) is 0 Å². The fourth-order valence-corrected chi connectivity index (χ4v) is 2.47. The lowest BCUT2D eigenvalue weighted by Gasteiger charge is -2.21. The smallest absolute Gasteiger partial charge is 0.0797 e. The van der Waals surface area contributed by atoms with Crippen molar-refractivity contribution in [2.24, 2.45) is 0 Å². The van der Waals surface area contributed by atoms with Crippen molar-refractivity contribution in [1.29, 1.82) is 5.26 Å². The third kappa shape index (κ3) is 3.36. The van der Waals surface area contributed by atoms with E-state index in [1.165, 1.54) is 0 Å². The highest BCUT2D eigenvalue weighted by Crippen LogP contribution is 2.34. The number of benzene rings is 1. The predicted octanol–water partition coefficient (Wildman–Crippen LogP) is 3.51. The van der Waals surface area contributed by atoms with Gasteiger partial charge in [-0.25, -0.2) is 0 Å². The summed E-state index contributed by atoms with van der Waals surface area (Å²) in [5.41, 5.74) is 1.66. The van der Waals surface area contributed by atoms with Crippen LogP contribution >= 0.6 is 11.6 Å². The van der Waals surface area contributed by atoms with Gasteiger partial charge in [0, 0.05) is 29.4 Å². The largest absolute Gasteiger partial charge is 0.396 e. The van der Waals surface area contributed by atoms with E-state index in [4.69, 9.17) is 11.6 Å². The third-order valence-corrected chi connectivity index (χ3v) is 3.50. The Labute approximate surface area is 123 Å². The zero-order valence-electron chi connectivity index (χ0n) is 10.9. The Morgan fingerprint density at radius 2 is 2.00 bits per heavy atom. The van der Waals surface area contributed by atoms with E-state index in [9.17, 15) is 10.4 Å². The highest BCUT2D eigenvalue weighted by Gasteiger charge is 2.25. The number of aromatic nitrogens is 1. The first-order chi connectivity index (χ1) is 9.76. The van der Waals surface area contributed by atoms with Crippen LogP contribution in [-0.2, 0) is 0 Å². The Hall–Kier alpha value is -1.89. The van der Waals surface area contributed by atoms with Crippen molar-refractivity contribution >= 4 is 11.6 Å². The van der Waals surface area contributed by atoms with Crippen LogP contribution in [0, 0.1) is 11.3 Å². The molecule has 102 valence electrons. The summed E-state index contributed by atoms with van der Waals surface area (Å²) in [6, 6.07) is 15.3. The molecule has 1 aromatic heterocycles. The second-order valence-electron chi connectivity index (χ2n) is 4.54. The molecule has 1 heterocycles. The molecule has 0 amide bonds. The molecule has 0 aliphatic rings. The minimum absolute atomic E-state index is 0.00384. The van der Waals surface area contributed by atoms with Gasteiger partial charge in [0.2, 0.25) is 0 Å². The normalized spacial score (nSPS) is 13.4. The molecule has 0 saturated carbocycles. The number of nitrogens with zero attached hydrogens (tertiary/aromatic N) is 2. The van der Waals surface area contributed by atoms with Crippen molar-refractivity contribution < 1.29 is 5.11 Å². The van der Waals surface area contributed by atoms with E-state index in [1.807, 2.05) is 30.3 Å². The van der Waals surface area contributed by atoms with Crippen LogP contribution < -0.4 is 0 Å². The van der Waals surface area contributed by atoms with Crippen molar-refractivity contribution in [3.05, 3.63) is 64.9 Å². The number of nitriles is 1. The summed E-state index contributed by atoms with van der Waals surface area (Å²) in [5, 5.41) is 19.4. The van der Waals surface area contributed by atoms with Crippen LogP contribution in [0.15, 0.2) is 48.7 Å². The number of hydrogen-bond acceptors (Lipinski definition) is 3. The van der Waals surface area contributed by atoms with Gasteiger partial charge in [0.25, 0.3) is 0 Å². The molecule has 0 bridgehead atoms. The maximum Gasteiger partial charge on any atom is 0.0797 e. The van der Waals surface area contributed by atoms with E-state index >= 15 is 0 Å². The fourth-order valence-electron chi connectivity index (χ4n) is 2.31. The summed E-state index contributed by atoms with van der Waals surface area (Å²) in [5.74, 6) is -0.527. The van der Waals surface area contributed by atoms with Crippen molar-refractivity contribution in [2.45, 2.75) is 18.3 Å². The van der Waals surface area contributed by atoms with Crippen LogP contribution in [0.25, 0.3) is 0 Å². The molecule has 0 aliphatic heterocycles. The van der Waals surface area contributed by atoms with Crippen LogP contribution in [0.4, 0.5) is 0 Å². The van der Waals surface area contributed by atoms with Crippen molar-refractivity contribution in [2.75, 3.05) is 6.61 Å². The Kier molecular flexibility index (Phi) is 5.11. The van der Waals surface area contributed by atoms with Gasteiger partial charge in [-0.15, -0.1) is 0 Å². The number of pyridine rings is 1. The maximum atomic E-state index is 9.51. The first-order valence-corrected chi connectivity index (χ1v) is 6.81. The van der Waals surface area contributed by atoms with E-state index in [0.29, 0.717) is 11.4 Å².